The summed E-state index contributed by atoms with van der Waals surface area (Å²) >= 11 is 12.6. The second-order valence-electron chi connectivity index (χ2n) is 6.94. The highest BCUT2D eigenvalue weighted by molar-refractivity contribution is 6.50. The van der Waals surface area contributed by atoms with Crippen molar-refractivity contribution in [1.82, 2.24) is 9.97 Å². The molecule has 154 valence electrons. The number of carbonyl (C=O) groups is 1. The van der Waals surface area contributed by atoms with Gasteiger partial charge in [0.2, 0.25) is 0 Å². The van der Waals surface area contributed by atoms with Gasteiger partial charge in [-0.1, -0.05) is 59.6 Å². The zero-order valence-electron chi connectivity index (χ0n) is 16.4. The van der Waals surface area contributed by atoms with Gasteiger partial charge in [-0.15, -0.1) is 0 Å². The standard InChI is InChI=1S/C24H17Cl2N3O2/c1-14-6-4-10-18-21(14)28-22(29-24(18)31)20(26)13-15-7-5-8-16(12-15)27-23(30)17-9-2-3-11-19(17)25/h2-13H,1H3,(H,27,30)(H,28,29,31)/b20-13-. The Morgan fingerprint density at radius 3 is 2.65 bits per heavy atom. The number of amides is 1. The average Bonchev–Trinajstić information content (AvgIpc) is 2.75. The second-order valence-corrected chi connectivity index (χ2v) is 7.75. The van der Waals surface area contributed by atoms with Crippen molar-refractivity contribution < 1.29 is 4.79 Å². The Morgan fingerprint density at radius 2 is 1.84 bits per heavy atom. The van der Waals surface area contributed by atoms with Crippen molar-refractivity contribution in [1.29, 1.82) is 0 Å². The molecule has 31 heavy (non-hydrogen) atoms. The molecule has 0 radical (unpaired) electrons. The Kier molecular flexibility index (Phi) is 5.89. The number of para-hydroxylation sites is 1. The third-order valence-corrected chi connectivity index (χ3v) is 5.34. The van der Waals surface area contributed by atoms with Crippen LogP contribution in [0, 0.1) is 6.92 Å². The molecule has 0 aliphatic carbocycles. The molecule has 7 heteroatoms. The van der Waals surface area contributed by atoms with Crippen molar-refractivity contribution in [3.8, 4) is 0 Å². The molecular weight excluding hydrogens is 433 g/mol. The highest BCUT2D eigenvalue weighted by Gasteiger charge is 2.11. The topological polar surface area (TPSA) is 74.8 Å². The van der Waals surface area contributed by atoms with E-state index in [-0.39, 0.29) is 22.3 Å². The van der Waals surface area contributed by atoms with Gasteiger partial charge in [-0.05, 0) is 54.5 Å². The molecule has 0 unspecified atom stereocenters. The maximum Gasteiger partial charge on any atom is 0.259 e. The number of aryl methyl sites for hydroxylation is 1. The minimum absolute atomic E-state index is 0.254. The van der Waals surface area contributed by atoms with Gasteiger partial charge in [-0.3, -0.25) is 9.59 Å². The Hall–Kier alpha value is -3.41. The Balaban J connectivity index is 1.63. The van der Waals surface area contributed by atoms with E-state index in [4.69, 9.17) is 23.2 Å². The van der Waals surface area contributed by atoms with Crippen molar-refractivity contribution in [2.75, 3.05) is 5.32 Å². The summed E-state index contributed by atoms with van der Waals surface area (Å²) in [6.45, 7) is 1.89. The minimum Gasteiger partial charge on any atom is -0.322 e. The van der Waals surface area contributed by atoms with E-state index in [1.54, 1.807) is 54.6 Å². The summed E-state index contributed by atoms with van der Waals surface area (Å²) < 4.78 is 0. The van der Waals surface area contributed by atoms with Crippen molar-refractivity contribution in [3.63, 3.8) is 0 Å². The van der Waals surface area contributed by atoms with Crippen LogP contribution < -0.4 is 10.9 Å². The van der Waals surface area contributed by atoms with Gasteiger partial charge < -0.3 is 10.3 Å². The van der Waals surface area contributed by atoms with Crippen LogP contribution in [0.5, 0.6) is 0 Å². The van der Waals surface area contributed by atoms with Crippen LogP contribution in [0.15, 0.2) is 71.5 Å². The summed E-state index contributed by atoms with van der Waals surface area (Å²) in [4.78, 5) is 32.1. The van der Waals surface area contributed by atoms with E-state index in [1.807, 2.05) is 25.1 Å². The van der Waals surface area contributed by atoms with Crippen LogP contribution in [-0.2, 0) is 0 Å². The molecule has 4 aromatic rings. The molecule has 4 rings (SSSR count). The quantitative estimate of drug-likeness (QED) is 0.408. The molecule has 3 aromatic carbocycles. The molecule has 1 heterocycles. The lowest BCUT2D eigenvalue weighted by Crippen LogP contribution is -2.12. The van der Waals surface area contributed by atoms with Crippen LogP contribution in [0.25, 0.3) is 22.0 Å². The average molecular weight is 450 g/mol. The van der Waals surface area contributed by atoms with Gasteiger partial charge >= 0.3 is 0 Å². The predicted molar refractivity (Wildman–Crippen MR) is 127 cm³/mol. The largest absolute Gasteiger partial charge is 0.322 e. The van der Waals surface area contributed by atoms with E-state index < -0.39 is 0 Å². The molecule has 0 atom stereocenters. The Labute approximate surface area is 188 Å². The number of carbonyl (C=O) groups excluding carboxylic acids is 1. The lowest BCUT2D eigenvalue weighted by Gasteiger charge is -2.08. The second kappa shape index (κ2) is 8.76. The number of rotatable bonds is 4. The highest BCUT2D eigenvalue weighted by Crippen LogP contribution is 2.23. The van der Waals surface area contributed by atoms with Crippen molar-refractivity contribution >= 4 is 56.8 Å². The third kappa shape index (κ3) is 4.53. The van der Waals surface area contributed by atoms with Gasteiger partial charge in [0.05, 0.1) is 26.5 Å². The number of anilines is 1. The van der Waals surface area contributed by atoms with Crippen molar-refractivity contribution in [2.24, 2.45) is 0 Å². The van der Waals surface area contributed by atoms with Crippen molar-refractivity contribution in [2.45, 2.75) is 6.92 Å². The van der Waals surface area contributed by atoms with Crippen LogP contribution >= 0.6 is 23.2 Å². The molecule has 2 N–H and O–H groups in total. The normalized spacial score (nSPS) is 11.5. The fraction of sp³-hybridized carbons (Fsp3) is 0.0417. The number of fused-ring (bicyclic) bond motifs is 1. The first kappa shape index (κ1) is 20.8. The summed E-state index contributed by atoms with van der Waals surface area (Å²) in [7, 11) is 0. The number of benzene rings is 3. The van der Waals surface area contributed by atoms with Crippen LogP contribution in [0.4, 0.5) is 5.69 Å². The van der Waals surface area contributed by atoms with E-state index in [2.05, 4.69) is 15.3 Å². The molecule has 5 nitrogen and oxygen atoms in total. The monoisotopic (exact) mass is 449 g/mol. The maximum atomic E-state index is 12.5. The minimum atomic E-state index is -0.311. The molecule has 1 amide bonds. The number of nitrogens with zero attached hydrogens (tertiary/aromatic N) is 1. The molecule has 1 aromatic heterocycles. The molecule has 0 spiro atoms. The highest BCUT2D eigenvalue weighted by atomic mass is 35.5. The SMILES string of the molecule is Cc1cccc2c(=O)[nH]c(/C(Cl)=C/c3cccc(NC(=O)c4ccccc4Cl)c3)nc12. The Bertz CT molecular complexity index is 1390. The van der Waals surface area contributed by atoms with E-state index in [0.29, 0.717) is 27.2 Å². The lowest BCUT2D eigenvalue weighted by molar-refractivity contribution is 0.102. The summed E-state index contributed by atoms with van der Waals surface area (Å²) in [6, 6.07) is 19.4. The first-order valence-electron chi connectivity index (χ1n) is 9.45. The fourth-order valence-electron chi connectivity index (χ4n) is 3.18. The number of aromatic amines is 1. The zero-order valence-corrected chi connectivity index (χ0v) is 18.0. The fourth-order valence-corrected chi connectivity index (χ4v) is 3.62. The number of nitrogens with one attached hydrogen (secondary N) is 2. The van der Waals surface area contributed by atoms with Gasteiger partial charge in [0.1, 0.15) is 0 Å². The van der Waals surface area contributed by atoms with E-state index in [9.17, 15) is 9.59 Å². The number of hydrogen-bond donors (Lipinski definition) is 2. The molecule has 0 saturated heterocycles. The molecule has 0 aliphatic rings. The molecule has 0 saturated carbocycles. The third-order valence-electron chi connectivity index (χ3n) is 4.72. The van der Waals surface area contributed by atoms with Crippen LogP contribution in [0.3, 0.4) is 0 Å². The van der Waals surface area contributed by atoms with Crippen LogP contribution in [0.1, 0.15) is 27.3 Å². The van der Waals surface area contributed by atoms with Gasteiger partial charge in [0, 0.05) is 5.69 Å². The van der Waals surface area contributed by atoms with Crippen LogP contribution in [0.2, 0.25) is 5.02 Å². The zero-order chi connectivity index (χ0) is 22.0. The summed E-state index contributed by atoms with van der Waals surface area (Å²) in [5.74, 6) is -0.0344. The van der Waals surface area contributed by atoms with Gasteiger partial charge in [0.15, 0.2) is 5.82 Å². The predicted octanol–water partition coefficient (Wildman–Crippen LogP) is 5.87. The maximum absolute atomic E-state index is 12.5. The van der Waals surface area contributed by atoms with Crippen LogP contribution in [-0.4, -0.2) is 15.9 Å². The van der Waals surface area contributed by atoms with Crippen molar-refractivity contribution in [3.05, 3.63) is 105 Å². The summed E-state index contributed by atoms with van der Waals surface area (Å²) in [5, 5.41) is 3.99. The molecule has 0 bridgehead atoms. The number of halogens is 2. The first-order chi connectivity index (χ1) is 14.9. The van der Waals surface area contributed by atoms with E-state index in [1.165, 1.54) is 0 Å². The molecular formula is C24H17Cl2N3O2. The van der Waals surface area contributed by atoms with Gasteiger partial charge in [-0.2, -0.15) is 0 Å². The molecule has 0 aliphatic heterocycles. The summed E-state index contributed by atoms with van der Waals surface area (Å²) in [5.41, 5.74) is 2.94. The first-order valence-corrected chi connectivity index (χ1v) is 10.2. The van der Waals surface area contributed by atoms with E-state index in [0.717, 1.165) is 11.1 Å². The van der Waals surface area contributed by atoms with E-state index >= 15 is 0 Å². The van der Waals surface area contributed by atoms with Gasteiger partial charge in [0.25, 0.3) is 11.5 Å². The number of aromatic nitrogens is 2. The summed E-state index contributed by atoms with van der Waals surface area (Å²) in [6.07, 6.45) is 1.68. The lowest BCUT2D eigenvalue weighted by atomic mass is 10.1. The smallest absolute Gasteiger partial charge is 0.259 e. The molecule has 0 fully saturated rings. The van der Waals surface area contributed by atoms with Gasteiger partial charge in [-0.25, -0.2) is 4.98 Å². The number of hydrogen-bond acceptors (Lipinski definition) is 3. The number of H-pyrrole nitrogens is 1. The Morgan fingerprint density at radius 1 is 1.06 bits per heavy atom.